The molecule has 0 unspecified atom stereocenters. The first kappa shape index (κ1) is 36.8. The van der Waals surface area contributed by atoms with Gasteiger partial charge in [-0.15, -0.1) is 0 Å². The fraction of sp³-hybridized carbons (Fsp3) is 0.400. The van der Waals surface area contributed by atoms with Crippen LogP contribution in [0.5, 0.6) is 11.5 Å². The normalized spacial score (nSPS) is 11.2. The molecule has 0 spiro atoms. The second-order valence-electron chi connectivity index (χ2n) is 11.6. The number of unbranched alkanes of at least 4 members (excludes halogenated alkanes) is 9. The third-order valence-electron chi connectivity index (χ3n) is 8.61. The Bertz CT molecular complexity index is 1220. The number of hydrogen-bond acceptors (Lipinski definition) is 3. The van der Waals surface area contributed by atoms with E-state index in [1.165, 1.54) is 85.4 Å². The number of halogens is 1. The highest BCUT2D eigenvalue weighted by atomic mass is 79.9. The van der Waals surface area contributed by atoms with E-state index in [9.17, 15) is 0 Å². The van der Waals surface area contributed by atoms with Gasteiger partial charge in [-0.2, -0.15) is 0 Å². The lowest BCUT2D eigenvalue weighted by Crippen LogP contribution is -3.00. The van der Waals surface area contributed by atoms with Gasteiger partial charge >= 0.3 is 0 Å². The Morgan fingerprint density at radius 2 is 0.911 bits per heavy atom. The molecular formula is C40H52BrO3P. The number of benzene rings is 4. The monoisotopic (exact) mass is 690 g/mol. The van der Waals surface area contributed by atoms with Crippen LogP contribution in [0.15, 0.2) is 109 Å². The van der Waals surface area contributed by atoms with Crippen molar-refractivity contribution in [3.63, 3.8) is 0 Å². The van der Waals surface area contributed by atoms with Crippen molar-refractivity contribution in [2.45, 2.75) is 70.6 Å². The third kappa shape index (κ3) is 11.3. The van der Waals surface area contributed by atoms with Crippen LogP contribution in [0, 0.1) is 0 Å². The lowest BCUT2D eigenvalue weighted by atomic mass is 10.1. The van der Waals surface area contributed by atoms with Crippen LogP contribution in [0.25, 0.3) is 0 Å². The predicted octanol–water partition coefficient (Wildman–Crippen LogP) is 6.16. The molecular weight excluding hydrogens is 639 g/mol. The highest BCUT2D eigenvalue weighted by Crippen LogP contribution is 2.56. The Morgan fingerprint density at radius 3 is 1.38 bits per heavy atom. The van der Waals surface area contributed by atoms with Gasteiger partial charge in [-0.3, -0.25) is 0 Å². The smallest absolute Gasteiger partial charge is 0.160 e. The fourth-order valence-electron chi connectivity index (χ4n) is 6.18. The van der Waals surface area contributed by atoms with E-state index in [0.717, 1.165) is 37.6 Å². The van der Waals surface area contributed by atoms with Crippen LogP contribution in [0.4, 0.5) is 0 Å². The topological polar surface area (TPSA) is 27.7 Å². The molecule has 0 fully saturated rings. The molecule has 0 N–H and O–H groups in total. The van der Waals surface area contributed by atoms with Crippen LogP contribution in [0.1, 0.15) is 69.8 Å². The first-order valence-corrected chi connectivity index (χ1v) is 18.6. The minimum atomic E-state index is -1.68. The number of methoxy groups -OCH3 is 2. The van der Waals surface area contributed by atoms with E-state index in [1.54, 1.807) is 14.2 Å². The summed E-state index contributed by atoms with van der Waals surface area (Å²) >= 11 is 0. The summed E-state index contributed by atoms with van der Waals surface area (Å²) < 4.78 is 16.6. The molecule has 0 amide bonds. The summed E-state index contributed by atoms with van der Waals surface area (Å²) in [6.45, 7) is 1.60. The third-order valence-corrected chi connectivity index (χ3v) is 13.1. The highest BCUT2D eigenvalue weighted by molar-refractivity contribution is 7.95. The van der Waals surface area contributed by atoms with Crippen LogP contribution >= 0.6 is 7.26 Å². The zero-order valence-electron chi connectivity index (χ0n) is 27.3. The van der Waals surface area contributed by atoms with E-state index in [1.807, 2.05) is 12.1 Å². The molecule has 0 aliphatic heterocycles. The van der Waals surface area contributed by atoms with Gasteiger partial charge in [0.15, 0.2) is 11.5 Å². The number of rotatable bonds is 21. The molecule has 242 valence electrons. The van der Waals surface area contributed by atoms with Crippen molar-refractivity contribution in [3.05, 3.63) is 115 Å². The van der Waals surface area contributed by atoms with E-state index in [4.69, 9.17) is 14.2 Å². The molecule has 4 aromatic carbocycles. The molecule has 0 bridgehead atoms. The van der Waals surface area contributed by atoms with Gasteiger partial charge in [0, 0.05) is 6.61 Å². The van der Waals surface area contributed by atoms with E-state index >= 15 is 0 Å². The predicted molar refractivity (Wildman–Crippen MR) is 190 cm³/mol. The average Bonchev–Trinajstić information content (AvgIpc) is 3.09. The zero-order valence-corrected chi connectivity index (χ0v) is 29.8. The summed E-state index contributed by atoms with van der Waals surface area (Å²) in [5.41, 5.74) is 1.22. The van der Waals surface area contributed by atoms with E-state index in [2.05, 4.69) is 97.1 Å². The van der Waals surface area contributed by atoms with Gasteiger partial charge < -0.3 is 31.2 Å². The van der Waals surface area contributed by atoms with E-state index in [-0.39, 0.29) is 17.0 Å². The molecule has 0 aromatic heterocycles. The summed E-state index contributed by atoms with van der Waals surface area (Å²) in [4.78, 5) is 0. The number of ether oxygens (including phenoxy) is 3. The summed E-state index contributed by atoms with van der Waals surface area (Å²) in [7, 11) is 1.66. The van der Waals surface area contributed by atoms with Gasteiger partial charge in [-0.05, 0) is 79.8 Å². The Morgan fingerprint density at radius 1 is 0.467 bits per heavy atom. The fourth-order valence-corrected chi connectivity index (χ4v) is 10.6. The molecule has 0 heterocycles. The first-order valence-electron chi connectivity index (χ1n) is 16.6. The summed E-state index contributed by atoms with van der Waals surface area (Å²) in [6.07, 6.45) is 15.2. The van der Waals surface area contributed by atoms with Gasteiger partial charge in [0.2, 0.25) is 0 Å². The summed E-state index contributed by atoms with van der Waals surface area (Å²) in [6, 6.07) is 40.0. The van der Waals surface area contributed by atoms with Crippen molar-refractivity contribution >= 4 is 23.2 Å². The maximum Gasteiger partial charge on any atom is 0.160 e. The molecule has 3 nitrogen and oxygen atoms in total. The second kappa shape index (κ2) is 21.2. The largest absolute Gasteiger partial charge is 1.00 e. The van der Waals surface area contributed by atoms with Crippen LogP contribution in [0.2, 0.25) is 0 Å². The van der Waals surface area contributed by atoms with E-state index < -0.39 is 7.26 Å². The van der Waals surface area contributed by atoms with Crippen molar-refractivity contribution < 1.29 is 31.2 Å². The van der Waals surface area contributed by atoms with Crippen molar-refractivity contribution in [1.82, 2.24) is 0 Å². The molecule has 45 heavy (non-hydrogen) atoms. The quantitative estimate of drug-likeness (QED) is 0.0775. The first-order chi connectivity index (χ1) is 21.8. The lowest BCUT2D eigenvalue weighted by molar-refractivity contribution is -0.0000102. The van der Waals surface area contributed by atoms with Crippen molar-refractivity contribution in [1.29, 1.82) is 0 Å². The molecule has 0 radical (unpaired) electrons. The molecule has 0 aliphatic carbocycles. The van der Waals surface area contributed by atoms with Crippen LogP contribution in [0.3, 0.4) is 0 Å². The van der Waals surface area contributed by atoms with Gasteiger partial charge in [-0.25, -0.2) is 0 Å². The minimum absolute atomic E-state index is 0. The second-order valence-corrected chi connectivity index (χ2v) is 15.2. The van der Waals surface area contributed by atoms with Gasteiger partial charge in [0.05, 0.1) is 27.0 Å². The summed E-state index contributed by atoms with van der Waals surface area (Å²) in [5.74, 6) is 1.55. The maximum atomic E-state index is 5.89. The molecule has 0 saturated carbocycles. The Kier molecular flexibility index (Phi) is 17.3. The zero-order chi connectivity index (χ0) is 30.7. The van der Waals surface area contributed by atoms with E-state index in [0.29, 0.717) is 0 Å². The average molecular weight is 692 g/mol. The standard InChI is InChI=1S/C40H52O3P.BrH/c1-41-39-29-28-35(34-40(39)42-2)30-32-43-31-20-9-7-5-3-4-6-8-10-21-33-44(36-22-14-11-15-23-36,37-24-16-12-17-25-37)38-26-18-13-19-27-38;/h11-19,22-29,34H,3-10,20-21,30-33H2,1-2H3;1H/q+1;/p-1. The molecule has 4 aromatic rings. The van der Waals surface area contributed by atoms with Crippen molar-refractivity contribution in [2.75, 3.05) is 33.6 Å². The Balaban J connectivity index is 0.00000552. The van der Waals surface area contributed by atoms with Crippen LogP contribution in [-0.4, -0.2) is 33.6 Å². The van der Waals surface area contributed by atoms with Gasteiger partial charge in [0.1, 0.15) is 23.2 Å². The SMILES string of the molecule is COc1ccc(CCOCCCCCCCCCCCC[P+](c2ccccc2)(c2ccccc2)c2ccccc2)cc1OC.[Br-]. The van der Waals surface area contributed by atoms with Crippen molar-refractivity contribution in [2.24, 2.45) is 0 Å². The van der Waals surface area contributed by atoms with Gasteiger partial charge in [0.25, 0.3) is 0 Å². The van der Waals surface area contributed by atoms with Crippen LogP contribution in [-0.2, 0) is 11.2 Å². The highest BCUT2D eigenvalue weighted by Gasteiger charge is 2.44. The molecule has 0 saturated heterocycles. The Labute approximate surface area is 283 Å². The molecule has 0 atom stereocenters. The number of hydrogen-bond donors (Lipinski definition) is 0. The maximum absolute atomic E-state index is 5.89. The minimum Gasteiger partial charge on any atom is -1.00 e. The molecule has 5 heteroatoms. The van der Waals surface area contributed by atoms with Crippen LogP contribution < -0.4 is 42.4 Å². The molecule has 0 aliphatic rings. The Hall–Kier alpha value is -2.65. The lowest BCUT2D eigenvalue weighted by Gasteiger charge is -2.27. The van der Waals surface area contributed by atoms with Gasteiger partial charge in [-0.1, -0.05) is 106 Å². The molecule has 4 rings (SSSR count). The van der Waals surface area contributed by atoms with Crippen molar-refractivity contribution in [3.8, 4) is 11.5 Å². The summed E-state index contributed by atoms with van der Waals surface area (Å²) in [5, 5.41) is 4.50.